The van der Waals surface area contributed by atoms with Crippen LogP contribution in [0.4, 0.5) is 0 Å². The molecule has 6 aromatic carbocycles. The summed E-state index contributed by atoms with van der Waals surface area (Å²) in [7, 11) is 110. The van der Waals surface area contributed by atoms with E-state index in [9.17, 15) is 0 Å². The highest BCUT2D eigenvalue weighted by molar-refractivity contribution is 9.10. The zero-order chi connectivity index (χ0) is 68.0. The molecule has 42 radical (unpaired) electrons. The summed E-state index contributed by atoms with van der Waals surface area (Å²) in [6.07, 6.45) is -6.61. The minimum Gasteiger partial charge on any atom is -0.508 e. The lowest BCUT2D eigenvalue weighted by Crippen LogP contribution is -2.62. The molecule has 0 amide bonds. The van der Waals surface area contributed by atoms with Crippen molar-refractivity contribution in [3.05, 3.63) is 178 Å². The van der Waals surface area contributed by atoms with Crippen molar-refractivity contribution in [1.29, 1.82) is 0 Å². The average Bonchev–Trinajstić information content (AvgIpc) is 3.66. The Morgan fingerprint density at radius 1 is 0.379 bits per heavy atom. The summed E-state index contributed by atoms with van der Waals surface area (Å²) >= 11 is 14.6. The molecule has 0 bridgehead atoms. The molecular weight excluding hydrogens is 1140 g/mol. The minimum absolute atomic E-state index is 0.245. The summed E-state index contributed by atoms with van der Waals surface area (Å²) in [6, 6.07) is 50.6. The van der Waals surface area contributed by atoms with Crippen LogP contribution in [0.15, 0.2) is 168 Å². The molecule has 0 atom stereocenters. The highest BCUT2D eigenvalue weighted by atomic mass is 79.9. The van der Waals surface area contributed by atoms with Crippen molar-refractivity contribution < 1.29 is 23.9 Å². The van der Waals surface area contributed by atoms with Crippen molar-refractivity contribution in [3.63, 3.8) is 0 Å². The van der Waals surface area contributed by atoms with Crippen molar-refractivity contribution >= 4 is 297 Å². The van der Waals surface area contributed by atoms with Crippen molar-refractivity contribution in [3.8, 4) is 28.7 Å². The molecule has 1 N–H and O–H groups in total. The van der Waals surface area contributed by atoms with E-state index < -0.39 is 63.9 Å². The first-order valence-corrected chi connectivity index (χ1v) is 28.9. The summed E-state index contributed by atoms with van der Waals surface area (Å²) in [5.74, 6) is 3.47. The molecule has 6 rings (SSSR count). The predicted molar refractivity (Wildman–Crippen MR) is 427 cm³/mol. The van der Waals surface area contributed by atoms with Gasteiger partial charge in [0.05, 0.1) is 0 Å². The second kappa shape index (κ2) is 61.5. The fraction of sp³-hybridized carbons (Fsp3) is 0.182. The molecule has 0 aliphatic carbocycles. The van der Waals surface area contributed by atoms with Crippen LogP contribution in [-0.4, -0.2) is 272 Å². The van der Waals surface area contributed by atoms with Gasteiger partial charge >= 0.3 is 7.12 Å². The van der Waals surface area contributed by atoms with Gasteiger partial charge in [-0.25, -0.2) is 0 Å². The van der Waals surface area contributed by atoms with Crippen LogP contribution in [0.3, 0.4) is 0 Å². The van der Waals surface area contributed by atoms with Gasteiger partial charge in [-0.2, -0.15) is 0 Å². The van der Waals surface area contributed by atoms with Gasteiger partial charge in [0.25, 0.3) is 0 Å². The summed E-state index contributed by atoms with van der Waals surface area (Å²) in [6.45, 7) is 12.0. The number of halogens is 3. The Bertz CT molecular complexity index is 2320. The van der Waals surface area contributed by atoms with E-state index in [2.05, 4.69) is 15.9 Å². The van der Waals surface area contributed by atoms with Crippen molar-refractivity contribution in [2.45, 2.75) is 41.5 Å². The van der Waals surface area contributed by atoms with Gasteiger partial charge in [0.1, 0.15) is 28.7 Å². The number of ether oxygens (including phenoxy) is 2. The molecule has 0 aliphatic rings. The first-order chi connectivity index (χ1) is 41.1. The number of para-hydroxylation sites is 2. The number of benzene rings is 6. The van der Waals surface area contributed by atoms with E-state index in [1.807, 2.05) is 169 Å². The Morgan fingerprint density at radius 3 is 0.862 bits per heavy atom. The molecule has 5 nitrogen and oxygen atoms in total. The van der Waals surface area contributed by atoms with Gasteiger partial charge in [-0.05, 0) is 103 Å². The number of hydrogen-bond donors (Lipinski definition) is 1. The lowest BCUT2D eigenvalue weighted by molar-refractivity contribution is 0.292. The maximum Gasteiger partial charge on any atom is 0.493 e. The van der Waals surface area contributed by atoms with E-state index >= 15 is 0 Å². The van der Waals surface area contributed by atoms with E-state index in [4.69, 9.17) is 202 Å². The zero-order valence-corrected chi connectivity index (χ0v) is 54.6. The van der Waals surface area contributed by atoms with Gasteiger partial charge in [-0.1, -0.05) is 147 Å². The summed E-state index contributed by atoms with van der Waals surface area (Å²) in [5, 5.41) is 10.1. The van der Waals surface area contributed by atoms with Crippen molar-refractivity contribution in [2.75, 3.05) is 14.2 Å². The van der Waals surface area contributed by atoms with Crippen molar-refractivity contribution in [1.82, 2.24) is 0 Å². The molecular formula is C44H52B35BrCl2O5. The Morgan fingerprint density at radius 2 is 0.678 bits per heavy atom. The minimum atomic E-state index is -0.667. The second-order valence-corrected chi connectivity index (χ2v) is 18.5. The molecule has 0 saturated heterocycles. The maximum absolute atomic E-state index is 8.70. The summed E-state index contributed by atoms with van der Waals surface area (Å²) < 4.78 is 22.8. The van der Waals surface area contributed by atoms with Crippen LogP contribution in [0.5, 0.6) is 28.7 Å². The van der Waals surface area contributed by atoms with Crippen LogP contribution in [-0.2, 0) is 9.31 Å². The second-order valence-electron chi connectivity index (χ2n) is 16.7. The third kappa shape index (κ3) is 52.2. The average molecular weight is 1190 g/mol. The van der Waals surface area contributed by atoms with Crippen LogP contribution in [0.1, 0.15) is 41.5 Å². The lowest BCUT2D eigenvalue weighted by atomic mass is 8.58. The molecule has 384 valence electrons. The first kappa shape index (κ1) is 93.7. The molecule has 0 spiro atoms. The third-order valence-corrected chi connectivity index (χ3v) is 10.9. The van der Waals surface area contributed by atoms with Gasteiger partial charge in [-0.3, -0.25) is 0 Å². The third-order valence-electron chi connectivity index (χ3n) is 9.91. The topological polar surface area (TPSA) is 57.2 Å². The highest BCUT2D eigenvalue weighted by Crippen LogP contribution is 2.23. The summed E-state index contributed by atoms with van der Waals surface area (Å²) in [5.41, 5.74) is 0.959. The van der Waals surface area contributed by atoms with E-state index in [0.717, 1.165) is 32.9 Å². The summed E-state index contributed by atoms with van der Waals surface area (Å²) in [4.78, 5) is 0. The number of phenols is 1. The molecule has 0 fully saturated rings. The fourth-order valence-electron chi connectivity index (χ4n) is 5.34. The number of phenolic OH excluding ortho intramolecular Hbond substituents is 1. The number of rotatable bonds is 17. The molecule has 0 aromatic heterocycles. The smallest absolute Gasteiger partial charge is 0.493 e. The highest BCUT2D eigenvalue weighted by Gasteiger charge is 2.25. The Labute approximate surface area is 579 Å². The quantitative estimate of drug-likeness (QED) is 0.140. The lowest BCUT2D eigenvalue weighted by Gasteiger charge is -2.23. The van der Waals surface area contributed by atoms with E-state index in [1.165, 1.54) is 14.1 Å². The molecule has 0 unspecified atom stereocenters. The maximum atomic E-state index is 8.70. The first-order valence-electron chi connectivity index (χ1n) is 27.4. The van der Waals surface area contributed by atoms with Crippen LogP contribution < -0.4 is 14.9 Å². The molecule has 6 aromatic rings. The Hall–Kier alpha value is -2.03. The molecule has 87 heavy (non-hydrogen) atoms. The molecule has 0 heterocycles. The monoisotopic (exact) mass is 1190 g/mol. The fourth-order valence-corrected chi connectivity index (χ4v) is 5.89. The molecule has 43 heteroatoms. The number of hydrogen-bond acceptors (Lipinski definition) is 5. The van der Waals surface area contributed by atoms with Crippen molar-refractivity contribution in [2.24, 2.45) is 0 Å². The van der Waals surface area contributed by atoms with Gasteiger partial charge in [0.15, 0.2) is 0 Å². The van der Waals surface area contributed by atoms with Gasteiger partial charge in [-0.15, -0.1) is 0 Å². The zero-order valence-electron chi connectivity index (χ0n) is 51.5. The van der Waals surface area contributed by atoms with Crippen LogP contribution >= 0.6 is 39.1 Å². The predicted octanol–water partition coefficient (Wildman–Crippen LogP) is 1.23. The van der Waals surface area contributed by atoms with E-state index in [0.29, 0.717) is 10.0 Å². The van der Waals surface area contributed by atoms with E-state index in [1.54, 1.807) is 50.6 Å². The van der Waals surface area contributed by atoms with Gasteiger partial charge < -0.3 is 23.9 Å². The Kier molecular flexibility index (Phi) is 66.2. The van der Waals surface area contributed by atoms with Crippen LogP contribution in [0, 0.1) is 0 Å². The largest absolute Gasteiger partial charge is 0.508 e. The molecule has 0 aliphatic heterocycles. The normalized spacial score (nSPS) is 8.54. The van der Waals surface area contributed by atoms with Crippen LogP contribution in [0.25, 0.3) is 0 Å². The van der Waals surface area contributed by atoms with E-state index in [-0.39, 0.29) is 25.6 Å². The standard InChI is InChI=1S/C14H15BO3.C12H9ClO.C6H5Br.C6H5ClO.3C2H6.B10.B9.B8.B7/c1-16-15(17-2)12-8-10-14(11-9-12)18-13-6-4-3-5-7-13;13-10-6-8-12(9-7-10)14-11-4-2-1-3-5-11;7-6-4-2-1-3-5-6;7-5-1-3-6(8)4-2-5;3*1-2;1-7(2)10(8(3)4)9(5)6;1-6-9(7(2)3)8(4)5;1-6(2)8(5)7(3)4;1-5-7(4)6(2)3/h3-11H,1-2H3;1-9H;1-5H;1-4,8H;3*1-2H3;;;;. The van der Waals surface area contributed by atoms with Gasteiger partial charge in [0, 0.05) is 274 Å². The van der Waals surface area contributed by atoms with Gasteiger partial charge in [0.2, 0.25) is 0 Å². The molecule has 0 saturated carbocycles. The number of aromatic hydroxyl groups is 1. The Balaban J connectivity index is -0.000000297. The SMILES string of the molecule is Brc1ccccc1.CC.CC.CC.COB(OC)c1ccc(Oc2ccccc2)cc1.Clc1ccc(Oc2ccccc2)cc1.Oc1ccc(Cl)cc1.[B]B([B])B(B([B])[B])B([B])[B].[B]B([B])B([B])B([B])[B].[B][B]B(B([B])[B])B([B])[B].[B][B]B([B])B([B])[B]. The van der Waals surface area contributed by atoms with Crippen LogP contribution in [0.2, 0.25) is 10.0 Å².